The van der Waals surface area contributed by atoms with Crippen LogP contribution < -0.4 is 16.0 Å². The van der Waals surface area contributed by atoms with Gasteiger partial charge in [0.15, 0.2) is 0 Å². The van der Waals surface area contributed by atoms with Crippen molar-refractivity contribution in [3.63, 3.8) is 0 Å². The maximum absolute atomic E-state index is 12.9. The molecule has 0 unspecified atom stereocenters. The van der Waals surface area contributed by atoms with E-state index in [0.29, 0.717) is 29.9 Å². The van der Waals surface area contributed by atoms with E-state index in [1.165, 1.54) is 38.1 Å². The summed E-state index contributed by atoms with van der Waals surface area (Å²) in [6.07, 6.45) is 0.552. The molecule has 0 aromatic heterocycles. The quantitative estimate of drug-likeness (QED) is 0.743. The van der Waals surface area contributed by atoms with Crippen molar-refractivity contribution in [3.8, 4) is 0 Å². The summed E-state index contributed by atoms with van der Waals surface area (Å²) >= 11 is 0. The third-order valence-electron chi connectivity index (χ3n) is 3.45. The van der Waals surface area contributed by atoms with Crippen LogP contribution >= 0.6 is 0 Å². The number of amides is 3. The molecule has 3 N–H and O–H groups in total. The Labute approximate surface area is 150 Å². The van der Waals surface area contributed by atoms with Crippen LogP contribution in [0.1, 0.15) is 29.8 Å². The van der Waals surface area contributed by atoms with Gasteiger partial charge in [0.05, 0.1) is 0 Å². The minimum atomic E-state index is -0.342. The average Bonchev–Trinajstić information content (AvgIpc) is 2.55. The smallest absolute Gasteiger partial charge is 0.251 e. The first-order valence-corrected chi connectivity index (χ1v) is 8.06. The second-order valence-corrected chi connectivity index (χ2v) is 5.79. The van der Waals surface area contributed by atoms with Crippen LogP contribution in [0, 0.1) is 5.82 Å². The molecule has 0 spiro atoms. The van der Waals surface area contributed by atoms with Crippen LogP contribution in [-0.4, -0.2) is 24.3 Å². The van der Waals surface area contributed by atoms with Gasteiger partial charge in [0.1, 0.15) is 5.82 Å². The summed E-state index contributed by atoms with van der Waals surface area (Å²) in [5, 5.41) is 7.96. The van der Waals surface area contributed by atoms with Gasteiger partial charge in [-0.05, 0) is 42.3 Å². The Kier molecular flexibility index (Phi) is 6.43. The van der Waals surface area contributed by atoms with E-state index in [0.717, 1.165) is 5.56 Å². The maximum Gasteiger partial charge on any atom is 0.251 e. The van der Waals surface area contributed by atoms with E-state index in [1.54, 1.807) is 18.2 Å². The summed E-state index contributed by atoms with van der Waals surface area (Å²) in [5.41, 5.74) is 2.02. The third-order valence-corrected chi connectivity index (χ3v) is 3.45. The molecule has 0 aliphatic heterocycles. The molecule has 136 valence electrons. The number of benzene rings is 2. The fourth-order valence-electron chi connectivity index (χ4n) is 2.38. The molecular weight excluding hydrogens is 337 g/mol. The molecule has 0 bridgehead atoms. The van der Waals surface area contributed by atoms with E-state index in [9.17, 15) is 18.8 Å². The van der Waals surface area contributed by atoms with E-state index in [1.807, 2.05) is 0 Å². The molecule has 0 saturated heterocycles. The van der Waals surface area contributed by atoms with E-state index >= 15 is 0 Å². The van der Waals surface area contributed by atoms with E-state index in [-0.39, 0.29) is 23.5 Å². The standard InChI is InChI=1S/C19H20FN3O3/c1-12(24)22-17-9-15(10-18(11-17)23-13(2)25)19(26)21-8-7-14-3-5-16(20)6-4-14/h3-6,9-11H,7-8H2,1-2H3,(H,21,26)(H,22,24)(H,23,25). The lowest BCUT2D eigenvalue weighted by Gasteiger charge is -2.11. The van der Waals surface area contributed by atoms with Gasteiger partial charge in [-0.15, -0.1) is 0 Å². The normalized spacial score (nSPS) is 10.1. The van der Waals surface area contributed by atoms with Gasteiger partial charge < -0.3 is 16.0 Å². The molecule has 2 aromatic rings. The van der Waals surface area contributed by atoms with Crippen LogP contribution in [0.4, 0.5) is 15.8 Å². The Morgan fingerprint density at radius 2 is 1.42 bits per heavy atom. The SMILES string of the molecule is CC(=O)Nc1cc(NC(C)=O)cc(C(=O)NCCc2ccc(F)cc2)c1. The van der Waals surface area contributed by atoms with Gasteiger partial charge in [-0.1, -0.05) is 12.1 Å². The lowest BCUT2D eigenvalue weighted by molar-refractivity contribution is -0.115. The lowest BCUT2D eigenvalue weighted by atomic mass is 10.1. The first kappa shape index (κ1) is 19.1. The molecule has 6 nitrogen and oxygen atoms in total. The number of nitrogens with one attached hydrogen (secondary N) is 3. The van der Waals surface area contributed by atoms with Gasteiger partial charge in [0, 0.05) is 37.3 Å². The fourth-order valence-corrected chi connectivity index (χ4v) is 2.38. The molecule has 0 aliphatic rings. The number of hydrogen-bond donors (Lipinski definition) is 3. The lowest BCUT2D eigenvalue weighted by Crippen LogP contribution is -2.26. The van der Waals surface area contributed by atoms with Crippen molar-refractivity contribution in [1.29, 1.82) is 0 Å². The van der Waals surface area contributed by atoms with Crippen LogP contribution in [-0.2, 0) is 16.0 Å². The van der Waals surface area contributed by atoms with Crippen molar-refractivity contribution in [2.24, 2.45) is 0 Å². The van der Waals surface area contributed by atoms with Gasteiger partial charge in [0.25, 0.3) is 5.91 Å². The molecule has 0 aliphatic carbocycles. The number of hydrogen-bond acceptors (Lipinski definition) is 3. The van der Waals surface area contributed by atoms with Crippen LogP contribution in [0.3, 0.4) is 0 Å². The monoisotopic (exact) mass is 357 g/mol. The zero-order valence-electron chi connectivity index (χ0n) is 14.6. The van der Waals surface area contributed by atoms with Crippen molar-refractivity contribution in [2.75, 3.05) is 17.2 Å². The van der Waals surface area contributed by atoms with Gasteiger partial charge in [-0.2, -0.15) is 0 Å². The molecule has 0 fully saturated rings. The summed E-state index contributed by atoms with van der Waals surface area (Å²) in [6, 6.07) is 10.7. The van der Waals surface area contributed by atoms with Crippen molar-refractivity contribution < 1.29 is 18.8 Å². The zero-order chi connectivity index (χ0) is 19.1. The molecule has 0 heterocycles. The van der Waals surface area contributed by atoms with Gasteiger partial charge >= 0.3 is 0 Å². The van der Waals surface area contributed by atoms with Crippen LogP contribution in [0.5, 0.6) is 0 Å². The molecule has 3 amide bonds. The number of anilines is 2. The summed E-state index contributed by atoms with van der Waals surface area (Å²) in [5.74, 6) is -1.22. The zero-order valence-corrected chi connectivity index (χ0v) is 14.6. The second kappa shape index (κ2) is 8.75. The summed E-state index contributed by atoms with van der Waals surface area (Å²) in [7, 11) is 0. The van der Waals surface area contributed by atoms with E-state index < -0.39 is 0 Å². The highest BCUT2D eigenvalue weighted by molar-refractivity contribution is 5.99. The van der Waals surface area contributed by atoms with Crippen molar-refractivity contribution >= 4 is 29.1 Å². The van der Waals surface area contributed by atoms with Crippen molar-refractivity contribution in [3.05, 3.63) is 59.4 Å². The number of rotatable bonds is 6. The fraction of sp³-hybridized carbons (Fsp3) is 0.211. The van der Waals surface area contributed by atoms with Crippen LogP contribution in [0.2, 0.25) is 0 Å². The summed E-state index contributed by atoms with van der Waals surface area (Å²) in [6.45, 7) is 3.07. The Morgan fingerprint density at radius 1 is 0.885 bits per heavy atom. The minimum Gasteiger partial charge on any atom is -0.352 e. The van der Waals surface area contributed by atoms with Crippen molar-refractivity contribution in [1.82, 2.24) is 5.32 Å². The molecule has 0 radical (unpaired) electrons. The van der Waals surface area contributed by atoms with Crippen LogP contribution in [0.25, 0.3) is 0 Å². The highest BCUT2D eigenvalue weighted by atomic mass is 19.1. The molecule has 7 heteroatoms. The molecular formula is C19H20FN3O3. The summed E-state index contributed by atoms with van der Waals surface area (Å²) < 4.78 is 12.9. The molecule has 2 rings (SSSR count). The third kappa shape index (κ3) is 6.01. The summed E-state index contributed by atoms with van der Waals surface area (Å²) in [4.78, 5) is 34.9. The molecule has 26 heavy (non-hydrogen) atoms. The maximum atomic E-state index is 12.9. The van der Waals surface area contributed by atoms with Gasteiger partial charge in [-0.3, -0.25) is 14.4 Å². The van der Waals surface area contributed by atoms with E-state index in [2.05, 4.69) is 16.0 Å². The largest absolute Gasteiger partial charge is 0.352 e. The first-order chi connectivity index (χ1) is 12.3. The predicted molar refractivity (Wildman–Crippen MR) is 97.5 cm³/mol. The number of halogens is 1. The number of carbonyl (C=O) groups excluding carboxylic acids is 3. The molecule has 0 saturated carbocycles. The highest BCUT2D eigenvalue weighted by Crippen LogP contribution is 2.19. The number of carbonyl (C=O) groups is 3. The van der Waals surface area contributed by atoms with Gasteiger partial charge in [0.2, 0.25) is 11.8 Å². The molecule has 2 aromatic carbocycles. The Hall–Kier alpha value is -3.22. The molecule has 0 atom stereocenters. The van der Waals surface area contributed by atoms with Gasteiger partial charge in [-0.25, -0.2) is 4.39 Å². The van der Waals surface area contributed by atoms with Crippen LogP contribution in [0.15, 0.2) is 42.5 Å². The first-order valence-electron chi connectivity index (χ1n) is 8.06. The Morgan fingerprint density at radius 3 is 1.92 bits per heavy atom. The highest BCUT2D eigenvalue weighted by Gasteiger charge is 2.10. The van der Waals surface area contributed by atoms with Crippen molar-refractivity contribution in [2.45, 2.75) is 20.3 Å². The predicted octanol–water partition coefficient (Wildman–Crippen LogP) is 2.72. The second-order valence-electron chi connectivity index (χ2n) is 5.79. The topological polar surface area (TPSA) is 87.3 Å². The van der Waals surface area contributed by atoms with E-state index in [4.69, 9.17) is 0 Å². The Balaban J connectivity index is 2.06. The Bertz CT molecular complexity index is 785. The average molecular weight is 357 g/mol. The minimum absolute atomic E-state index is 0.285.